The number of nitrogens with one attached hydrogen (secondary N) is 1. The predicted octanol–water partition coefficient (Wildman–Crippen LogP) is 4.30. The molecule has 1 heterocycles. The van der Waals surface area contributed by atoms with Gasteiger partial charge in [0, 0.05) is 12.0 Å². The molecule has 0 aliphatic rings. The van der Waals surface area contributed by atoms with Crippen molar-refractivity contribution < 1.29 is 4.79 Å². The van der Waals surface area contributed by atoms with Gasteiger partial charge in [-0.3, -0.25) is 10.1 Å². The molecule has 2 rings (SSSR count). The first-order valence-electron chi connectivity index (χ1n) is 6.04. The fraction of sp³-hybridized carbons (Fsp3) is 0.308. The molecule has 1 amide bonds. The minimum atomic E-state index is -0.282. The van der Waals surface area contributed by atoms with Gasteiger partial charge in [0.05, 0.1) is 10.0 Å². The molecule has 0 saturated carbocycles. The highest BCUT2D eigenvalue weighted by molar-refractivity contribution is 7.15. The van der Waals surface area contributed by atoms with Gasteiger partial charge in [0.15, 0.2) is 0 Å². The molecule has 0 spiro atoms. The van der Waals surface area contributed by atoms with E-state index in [0.717, 1.165) is 11.4 Å². The number of carbonyl (C=O) groups excluding carboxylic acids is 1. The van der Waals surface area contributed by atoms with Crippen LogP contribution in [0.25, 0.3) is 0 Å². The standard InChI is InChI=1S/C13H13Cl2N3OS/c1-7(2)5-11-17-18-13(20-11)16-12(19)8-3-4-9(14)10(15)6-8/h3-4,6-7H,5H2,1-2H3,(H,16,18,19). The molecule has 106 valence electrons. The van der Waals surface area contributed by atoms with E-state index in [4.69, 9.17) is 23.2 Å². The van der Waals surface area contributed by atoms with Gasteiger partial charge in [-0.05, 0) is 24.1 Å². The molecule has 0 atom stereocenters. The Morgan fingerprint density at radius 1 is 1.30 bits per heavy atom. The summed E-state index contributed by atoms with van der Waals surface area (Å²) in [6.45, 7) is 4.21. The topological polar surface area (TPSA) is 54.9 Å². The van der Waals surface area contributed by atoms with Gasteiger partial charge in [-0.15, -0.1) is 10.2 Å². The molecule has 2 aromatic rings. The Balaban J connectivity index is 2.07. The number of aromatic nitrogens is 2. The Hall–Kier alpha value is -1.17. The molecular formula is C13H13Cl2N3OS. The van der Waals surface area contributed by atoms with E-state index in [0.29, 0.717) is 26.7 Å². The highest BCUT2D eigenvalue weighted by Crippen LogP contribution is 2.24. The van der Waals surface area contributed by atoms with Crippen molar-refractivity contribution in [2.24, 2.45) is 5.92 Å². The average Bonchev–Trinajstić information content (AvgIpc) is 2.79. The SMILES string of the molecule is CC(C)Cc1nnc(NC(=O)c2ccc(Cl)c(Cl)c2)s1. The number of hydrogen-bond acceptors (Lipinski definition) is 4. The van der Waals surface area contributed by atoms with Crippen LogP contribution in [0.5, 0.6) is 0 Å². The van der Waals surface area contributed by atoms with Crippen LogP contribution in [0.2, 0.25) is 10.0 Å². The predicted molar refractivity (Wildman–Crippen MR) is 82.9 cm³/mol. The second kappa shape index (κ2) is 6.52. The van der Waals surface area contributed by atoms with Crippen molar-refractivity contribution in [1.82, 2.24) is 10.2 Å². The van der Waals surface area contributed by atoms with Crippen molar-refractivity contribution in [2.75, 3.05) is 5.32 Å². The van der Waals surface area contributed by atoms with Gasteiger partial charge < -0.3 is 0 Å². The van der Waals surface area contributed by atoms with Crippen molar-refractivity contribution in [1.29, 1.82) is 0 Å². The van der Waals surface area contributed by atoms with E-state index in [9.17, 15) is 4.79 Å². The maximum Gasteiger partial charge on any atom is 0.257 e. The van der Waals surface area contributed by atoms with Crippen LogP contribution >= 0.6 is 34.5 Å². The van der Waals surface area contributed by atoms with Crippen LogP contribution in [0.1, 0.15) is 29.2 Å². The van der Waals surface area contributed by atoms with Crippen LogP contribution in [0.3, 0.4) is 0 Å². The molecule has 1 aromatic carbocycles. The van der Waals surface area contributed by atoms with Crippen LogP contribution in [0.15, 0.2) is 18.2 Å². The number of anilines is 1. The summed E-state index contributed by atoms with van der Waals surface area (Å²) in [6, 6.07) is 4.72. The van der Waals surface area contributed by atoms with E-state index in [1.54, 1.807) is 12.1 Å². The summed E-state index contributed by atoms with van der Waals surface area (Å²) < 4.78 is 0. The quantitative estimate of drug-likeness (QED) is 0.909. The third-order valence-electron chi connectivity index (χ3n) is 2.45. The summed E-state index contributed by atoms with van der Waals surface area (Å²) in [6.07, 6.45) is 0.848. The Labute approximate surface area is 131 Å². The molecule has 0 aliphatic carbocycles. The molecule has 7 heteroatoms. The van der Waals surface area contributed by atoms with Crippen molar-refractivity contribution in [2.45, 2.75) is 20.3 Å². The van der Waals surface area contributed by atoms with Crippen LogP contribution in [0, 0.1) is 5.92 Å². The summed E-state index contributed by atoms with van der Waals surface area (Å²) in [7, 11) is 0. The fourth-order valence-corrected chi connectivity index (χ4v) is 2.79. The first-order chi connectivity index (χ1) is 9.45. The number of rotatable bonds is 4. The molecule has 0 unspecified atom stereocenters. The maximum atomic E-state index is 12.0. The van der Waals surface area contributed by atoms with Crippen molar-refractivity contribution in [3.8, 4) is 0 Å². The second-order valence-corrected chi connectivity index (χ2v) is 6.56. The molecule has 0 bridgehead atoms. The average molecular weight is 330 g/mol. The molecule has 4 nitrogen and oxygen atoms in total. The molecule has 1 aromatic heterocycles. The number of hydrogen-bond donors (Lipinski definition) is 1. The van der Waals surface area contributed by atoms with Gasteiger partial charge in [0.25, 0.3) is 5.91 Å². The summed E-state index contributed by atoms with van der Waals surface area (Å²) in [5.41, 5.74) is 0.431. The maximum absolute atomic E-state index is 12.0. The van der Waals surface area contributed by atoms with Gasteiger partial charge >= 0.3 is 0 Å². The first-order valence-corrected chi connectivity index (χ1v) is 7.61. The third-order valence-corrected chi connectivity index (χ3v) is 4.05. The Bertz CT molecular complexity index is 628. The highest BCUT2D eigenvalue weighted by atomic mass is 35.5. The zero-order valence-electron chi connectivity index (χ0n) is 11.0. The molecule has 0 saturated heterocycles. The Morgan fingerprint density at radius 2 is 2.05 bits per heavy atom. The minimum Gasteiger partial charge on any atom is -0.296 e. The van der Waals surface area contributed by atoms with Crippen LogP contribution < -0.4 is 5.32 Å². The lowest BCUT2D eigenvalue weighted by molar-refractivity contribution is 0.102. The highest BCUT2D eigenvalue weighted by Gasteiger charge is 2.12. The van der Waals surface area contributed by atoms with E-state index < -0.39 is 0 Å². The van der Waals surface area contributed by atoms with Crippen molar-refractivity contribution in [3.63, 3.8) is 0 Å². The molecular weight excluding hydrogens is 317 g/mol. The van der Waals surface area contributed by atoms with E-state index in [2.05, 4.69) is 29.4 Å². The van der Waals surface area contributed by atoms with E-state index in [1.807, 2.05) is 0 Å². The van der Waals surface area contributed by atoms with Gasteiger partial charge in [0.2, 0.25) is 5.13 Å². The molecule has 0 fully saturated rings. The van der Waals surface area contributed by atoms with Gasteiger partial charge in [-0.25, -0.2) is 0 Å². The molecule has 0 radical (unpaired) electrons. The molecule has 20 heavy (non-hydrogen) atoms. The normalized spacial score (nSPS) is 10.8. The van der Waals surface area contributed by atoms with Gasteiger partial charge in [-0.1, -0.05) is 48.4 Å². The number of amides is 1. The lowest BCUT2D eigenvalue weighted by atomic mass is 10.1. The zero-order valence-corrected chi connectivity index (χ0v) is 13.3. The number of carbonyl (C=O) groups is 1. The fourth-order valence-electron chi connectivity index (χ4n) is 1.54. The van der Waals surface area contributed by atoms with Crippen LogP contribution in [0.4, 0.5) is 5.13 Å². The number of benzene rings is 1. The number of halogens is 2. The summed E-state index contributed by atoms with van der Waals surface area (Å²) in [5.74, 6) is 0.220. The Morgan fingerprint density at radius 3 is 2.70 bits per heavy atom. The van der Waals surface area contributed by atoms with E-state index in [-0.39, 0.29) is 5.91 Å². The van der Waals surface area contributed by atoms with Crippen molar-refractivity contribution >= 4 is 45.6 Å². The number of nitrogens with zero attached hydrogens (tertiary/aromatic N) is 2. The van der Waals surface area contributed by atoms with Gasteiger partial charge in [0.1, 0.15) is 5.01 Å². The van der Waals surface area contributed by atoms with Crippen LogP contribution in [-0.4, -0.2) is 16.1 Å². The zero-order chi connectivity index (χ0) is 14.7. The summed E-state index contributed by atoms with van der Waals surface area (Å²) in [4.78, 5) is 12.0. The molecule has 0 aliphatic heterocycles. The second-order valence-electron chi connectivity index (χ2n) is 4.68. The summed E-state index contributed by atoms with van der Waals surface area (Å²) >= 11 is 13.1. The monoisotopic (exact) mass is 329 g/mol. The Kier molecular flexibility index (Phi) is 4.96. The lowest BCUT2D eigenvalue weighted by Crippen LogP contribution is -2.11. The van der Waals surface area contributed by atoms with Gasteiger partial charge in [-0.2, -0.15) is 0 Å². The van der Waals surface area contributed by atoms with E-state index >= 15 is 0 Å². The first kappa shape index (κ1) is 15.2. The lowest BCUT2D eigenvalue weighted by Gasteiger charge is -2.02. The van der Waals surface area contributed by atoms with E-state index in [1.165, 1.54) is 17.4 Å². The summed E-state index contributed by atoms with van der Waals surface area (Å²) in [5, 5.41) is 12.8. The minimum absolute atomic E-state index is 0.282. The third kappa shape index (κ3) is 3.91. The molecule has 1 N–H and O–H groups in total. The van der Waals surface area contributed by atoms with Crippen molar-refractivity contribution in [3.05, 3.63) is 38.8 Å². The largest absolute Gasteiger partial charge is 0.296 e. The van der Waals surface area contributed by atoms with Crippen LogP contribution in [-0.2, 0) is 6.42 Å². The smallest absolute Gasteiger partial charge is 0.257 e.